The molecule has 8 heteroatoms. The van der Waals surface area contributed by atoms with Crippen LogP contribution in [0.3, 0.4) is 0 Å². The molecule has 1 aliphatic rings. The van der Waals surface area contributed by atoms with Crippen molar-refractivity contribution in [2.24, 2.45) is 10.9 Å². The van der Waals surface area contributed by atoms with E-state index >= 15 is 0 Å². The summed E-state index contributed by atoms with van der Waals surface area (Å²) in [6.07, 6.45) is 3.74. The van der Waals surface area contributed by atoms with Crippen molar-refractivity contribution in [1.82, 2.24) is 10.2 Å². The van der Waals surface area contributed by atoms with E-state index in [1.54, 1.807) is 31.2 Å². The molecule has 1 aromatic rings. The number of aliphatic imine (C=N–C) groups is 1. The molecule has 5 nitrogen and oxygen atoms in total. The Balaban J connectivity index is 2.34. The summed E-state index contributed by atoms with van der Waals surface area (Å²) in [7, 11) is 0. The molecule has 176 valence electrons. The van der Waals surface area contributed by atoms with Gasteiger partial charge >= 0.3 is 0 Å². The first-order valence-corrected chi connectivity index (χ1v) is 11.2. The number of allylic oxidation sites excluding steroid dienone is 3. The molecule has 1 saturated heterocycles. The molecule has 1 unspecified atom stereocenters. The Labute approximate surface area is 194 Å². The monoisotopic (exact) mass is 466 g/mol. The molecule has 2 rings (SSSR count). The zero-order valence-corrected chi connectivity index (χ0v) is 20.1. The van der Waals surface area contributed by atoms with E-state index < -0.39 is 30.3 Å². The molecular formula is C24H33ClF2N4O. The maximum Gasteiger partial charge on any atom is 0.265 e. The molecule has 1 heterocycles. The lowest BCUT2D eigenvalue weighted by Gasteiger charge is -2.43. The van der Waals surface area contributed by atoms with Gasteiger partial charge in [-0.2, -0.15) is 0 Å². The number of hydrogen-bond acceptors (Lipinski definition) is 4. The summed E-state index contributed by atoms with van der Waals surface area (Å²) in [6.45, 7) is 8.97. The summed E-state index contributed by atoms with van der Waals surface area (Å²) in [5, 5.41) is 3.76. The lowest BCUT2D eigenvalue weighted by Crippen LogP contribution is -2.58. The smallest absolute Gasteiger partial charge is 0.265 e. The third-order valence-corrected chi connectivity index (χ3v) is 6.10. The summed E-state index contributed by atoms with van der Waals surface area (Å²) in [5.41, 5.74) is 8.38. The molecule has 0 spiro atoms. The number of carbonyl (C=O) groups excluding carboxylic acids is 1. The van der Waals surface area contributed by atoms with E-state index in [1.807, 2.05) is 27.7 Å². The number of hydrogen-bond donors (Lipinski definition) is 2. The van der Waals surface area contributed by atoms with Crippen molar-refractivity contribution in [3.63, 3.8) is 0 Å². The number of benzene rings is 1. The van der Waals surface area contributed by atoms with Gasteiger partial charge in [0.2, 0.25) is 0 Å². The van der Waals surface area contributed by atoms with Crippen LogP contribution in [0.25, 0.3) is 0 Å². The summed E-state index contributed by atoms with van der Waals surface area (Å²) < 4.78 is 28.9. The number of amides is 1. The minimum Gasteiger partial charge on any atom is -0.398 e. The van der Waals surface area contributed by atoms with E-state index in [2.05, 4.69) is 10.3 Å². The van der Waals surface area contributed by atoms with Crippen molar-refractivity contribution < 1.29 is 13.6 Å². The summed E-state index contributed by atoms with van der Waals surface area (Å²) in [4.78, 5) is 19.0. The predicted molar refractivity (Wildman–Crippen MR) is 128 cm³/mol. The third kappa shape index (κ3) is 6.55. The van der Waals surface area contributed by atoms with Crippen LogP contribution in [0, 0.1) is 12.8 Å². The van der Waals surface area contributed by atoms with Crippen LogP contribution in [0.1, 0.15) is 56.5 Å². The van der Waals surface area contributed by atoms with Crippen LogP contribution in [-0.2, 0) is 0 Å². The third-order valence-electron chi connectivity index (χ3n) is 5.79. The molecule has 0 aromatic heterocycles. The normalized spacial score (nSPS) is 22.1. The predicted octanol–water partition coefficient (Wildman–Crippen LogP) is 5.51. The molecule has 0 bridgehead atoms. The Kier molecular flexibility index (Phi) is 8.84. The maximum absolute atomic E-state index is 14.5. The van der Waals surface area contributed by atoms with Gasteiger partial charge < -0.3 is 16.0 Å². The second kappa shape index (κ2) is 10.9. The second-order valence-electron chi connectivity index (χ2n) is 8.42. The average molecular weight is 467 g/mol. The summed E-state index contributed by atoms with van der Waals surface area (Å²) in [6, 6.07) is 4.62. The van der Waals surface area contributed by atoms with Gasteiger partial charge in [0.05, 0.1) is 23.2 Å². The molecule has 1 fully saturated rings. The van der Waals surface area contributed by atoms with Crippen molar-refractivity contribution in [2.75, 3.05) is 18.8 Å². The van der Waals surface area contributed by atoms with Crippen LogP contribution >= 0.6 is 11.6 Å². The minimum absolute atomic E-state index is 0.248. The molecule has 32 heavy (non-hydrogen) atoms. The van der Waals surface area contributed by atoms with Gasteiger partial charge in [-0.25, -0.2) is 13.8 Å². The van der Waals surface area contributed by atoms with Crippen LogP contribution < -0.4 is 11.1 Å². The van der Waals surface area contributed by atoms with Crippen LogP contribution in [0.4, 0.5) is 14.5 Å². The van der Waals surface area contributed by atoms with Crippen LogP contribution in [0.15, 0.2) is 45.7 Å². The average Bonchev–Trinajstić information content (AvgIpc) is 2.74. The van der Waals surface area contributed by atoms with Gasteiger partial charge in [0.15, 0.2) is 0 Å². The number of nitrogen functional groups attached to an aromatic ring is 1. The SMILES string of the molecule is C\C=C(Cl)/C=N\C(NC[C@@H]1C(C)CC(F)(F)CN1C(=O)c1cc(C)ccc1N)=C(\C)CC. The fraction of sp³-hybridized carbons (Fsp3) is 0.500. The molecule has 0 aliphatic carbocycles. The van der Waals surface area contributed by atoms with Gasteiger partial charge in [-0.3, -0.25) is 4.79 Å². The number of likely N-dealkylation sites (tertiary alicyclic amines) is 1. The van der Waals surface area contributed by atoms with E-state index in [0.717, 1.165) is 17.6 Å². The van der Waals surface area contributed by atoms with E-state index in [1.165, 1.54) is 11.1 Å². The highest BCUT2D eigenvalue weighted by Gasteiger charge is 2.46. The highest BCUT2D eigenvalue weighted by molar-refractivity contribution is 6.39. The standard InChI is InChI=1S/C24H33ClF2N4O/c1-6-16(4)22(29-12-18(25)7-2)30-13-21-17(5)11-24(26,27)14-31(21)23(32)19-10-15(3)8-9-20(19)28/h7-10,12,17,21,30H,6,11,13-14,28H2,1-5H3/b18-7+,22-16+,29-12-/t17?,21-/m1/s1. The van der Waals surface area contributed by atoms with Gasteiger partial charge in [-0.1, -0.05) is 43.2 Å². The Morgan fingerprint density at radius 2 is 2.12 bits per heavy atom. The topological polar surface area (TPSA) is 70.7 Å². The Morgan fingerprint density at radius 3 is 2.75 bits per heavy atom. The number of alkyl halides is 2. The van der Waals surface area contributed by atoms with Crippen LogP contribution in [-0.4, -0.2) is 42.1 Å². The molecule has 0 radical (unpaired) electrons. The highest BCUT2D eigenvalue weighted by Crippen LogP contribution is 2.35. The van der Waals surface area contributed by atoms with Gasteiger partial charge in [0, 0.05) is 24.9 Å². The quantitative estimate of drug-likeness (QED) is 0.411. The second-order valence-corrected chi connectivity index (χ2v) is 8.86. The highest BCUT2D eigenvalue weighted by atomic mass is 35.5. The first-order valence-electron chi connectivity index (χ1n) is 10.8. The Hall–Kier alpha value is -2.41. The molecule has 0 saturated carbocycles. The number of nitrogens with zero attached hydrogens (tertiary/aromatic N) is 2. The first kappa shape index (κ1) is 25.8. The van der Waals surface area contributed by atoms with Gasteiger partial charge in [-0.15, -0.1) is 0 Å². The van der Waals surface area contributed by atoms with Crippen LogP contribution in [0.5, 0.6) is 0 Å². The lowest BCUT2D eigenvalue weighted by atomic mass is 9.87. The van der Waals surface area contributed by atoms with E-state index in [4.69, 9.17) is 17.3 Å². The molecule has 3 N–H and O–H groups in total. The van der Waals surface area contributed by atoms with Crippen molar-refractivity contribution in [1.29, 1.82) is 0 Å². The number of nitrogens with two attached hydrogens (primary N) is 1. The van der Waals surface area contributed by atoms with Crippen molar-refractivity contribution in [3.8, 4) is 0 Å². The van der Waals surface area contributed by atoms with Gasteiger partial charge in [0.25, 0.3) is 11.8 Å². The number of rotatable bonds is 7. The number of aryl methyl sites for hydroxylation is 1. The zero-order chi connectivity index (χ0) is 24.1. The Bertz CT molecular complexity index is 927. The van der Waals surface area contributed by atoms with Crippen molar-refractivity contribution in [2.45, 2.75) is 59.4 Å². The molecular weight excluding hydrogens is 434 g/mol. The zero-order valence-electron chi connectivity index (χ0n) is 19.4. The number of piperidine rings is 1. The summed E-state index contributed by atoms with van der Waals surface area (Å²) in [5.74, 6) is -3.24. The van der Waals surface area contributed by atoms with Gasteiger partial charge in [-0.05, 0) is 50.8 Å². The molecule has 1 amide bonds. The van der Waals surface area contributed by atoms with Crippen molar-refractivity contribution >= 4 is 29.4 Å². The van der Waals surface area contributed by atoms with Crippen LogP contribution in [0.2, 0.25) is 0 Å². The molecule has 1 aliphatic heterocycles. The molecule has 1 aromatic carbocycles. The largest absolute Gasteiger partial charge is 0.398 e. The fourth-order valence-electron chi connectivity index (χ4n) is 3.77. The number of halogens is 3. The summed E-state index contributed by atoms with van der Waals surface area (Å²) >= 11 is 6.03. The minimum atomic E-state index is -2.96. The maximum atomic E-state index is 14.5. The van der Waals surface area contributed by atoms with E-state index in [9.17, 15) is 13.6 Å². The van der Waals surface area contributed by atoms with Gasteiger partial charge in [0.1, 0.15) is 5.82 Å². The number of carbonyl (C=O) groups is 1. The number of anilines is 1. The van der Waals surface area contributed by atoms with Crippen molar-refractivity contribution in [3.05, 3.63) is 51.8 Å². The Morgan fingerprint density at radius 1 is 1.44 bits per heavy atom. The lowest BCUT2D eigenvalue weighted by molar-refractivity contribution is -0.0912. The number of nitrogens with one attached hydrogen (secondary N) is 1. The fourth-order valence-corrected chi connectivity index (χ4v) is 3.81. The van der Waals surface area contributed by atoms with E-state index in [-0.39, 0.29) is 24.2 Å². The first-order chi connectivity index (χ1) is 15.0. The molecule has 2 atom stereocenters. The van der Waals surface area contributed by atoms with E-state index in [0.29, 0.717) is 10.9 Å².